The van der Waals surface area contributed by atoms with Gasteiger partial charge >= 0.3 is 0 Å². The fourth-order valence-electron chi connectivity index (χ4n) is 1.67. The summed E-state index contributed by atoms with van der Waals surface area (Å²) in [5.41, 5.74) is 2.35. The van der Waals surface area contributed by atoms with Crippen LogP contribution in [-0.4, -0.2) is 13.3 Å². The van der Waals surface area contributed by atoms with Crippen LogP contribution >= 0.6 is 0 Å². The molecule has 0 bridgehead atoms. The fraction of sp³-hybridized carbons (Fsp3) is 0.118. The average molecular weight is 251 g/mol. The second-order valence-corrected chi connectivity index (χ2v) is 4.11. The van der Waals surface area contributed by atoms with Crippen molar-refractivity contribution in [2.45, 2.75) is 6.54 Å². The molecule has 0 amide bonds. The third-order valence-corrected chi connectivity index (χ3v) is 2.71. The molecular formula is C17H17NO. The van der Waals surface area contributed by atoms with E-state index in [1.807, 2.05) is 60.8 Å². The Morgan fingerprint density at radius 2 is 1.74 bits per heavy atom. The molecule has 96 valence electrons. The largest absolute Gasteiger partial charge is 0.497 e. The minimum absolute atomic E-state index is 0.684. The van der Waals surface area contributed by atoms with Crippen molar-refractivity contribution in [2.75, 3.05) is 7.11 Å². The van der Waals surface area contributed by atoms with Crippen LogP contribution < -0.4 is 4.74 Å². The summed E-state index contributed by atoms with van der Waals surface area (Å²) in [5, 5.41) is 0. The Bertz CT molecular complexity index is 541. The third kappa shape index (κ3) is 4.43. The average Bonchev–Trinajstić information content (AvgIpc) is 2.49. The lowest BCUT2D eigenvalue weighted by atomic mass is 10.2. The van der Waals surface area contributed by atoms with Gasteiger partial charge in [0.25, 0.3) is 0 Å². The summed E-state index contributed by atoms with van der Waals surface area (Å²) in [6.45, 7) is 0.684. The molecule has 0 spiro atoms. The first kappa shape index (κ1) is 13.1. The fourth-order valence-corrected chi connectivity index (χ4v) is 1.67. The maximum absolute atomic E-state index is 5.11. The first-order chi connectivity index (χ1) is 9.38. The molecule has 2 aromatic carbocycles. The van der Waals surface area contributed by atoms with E-state index in [2.05, 4.69) is 17.1 Å². The Hall–Kier alpha value is -2.35. The molecule has 0 saturated heterocycles. The van der Waals surface area contributed by atoms with Crippen molar-refractivity contribution < 1.29 is 4.74 Å². The van der Waals surface area contributed by atoms with Gasteiger partial charge in [0.15, 0.2) is 0 Å². The first-order valence-electron chi connectivity index (χ1n) is 6.23. The van der Waals surface area contributed by atoms with Crippen molar-refractivity contribution >= 4 is 12.3 Å². The lowest BCUT2D eigenvalue weighted by Gasteiger charge is -1.99. The predicted molar refractivity (Wildman–Crippen MR) is 80.7 cm³/mol. The van der Waals surface area contributed by atoms with Gasteiger partial charge in [-0.25, -0.2) is 0 Å². The summed E-state index contributed by atoms with van der Waals surface area (Å²) in [4.78, 5) is 4.36. The minimum atomic E-state index is 0.684. The number of rotatable bonds is 5. The van der Waals surface area contributed by atoms with E-state index in [1.54, 1.807) is 7.11 Å². The first-order valence-corrected chi connectivity index (χ1v) is 6.23. The third-order valence-electron chi connectivity index (χ3n) is 2.71. The van der Waals surface area contributed by atoms with Crippen LogP contribution in [0.2, 0.25) is 0 Å². The van der Waals surface area contributed by atoms with E-state index in [0.717, 1.165) is 5.75 Å². The van der Waals surface area contributed by atoms with Gasteiger partial charge in [-0.3, -0.25) is 4.99 Å². The zero-order valence-electron chi connectivity index (χ0n) is 11.0. The predicted octanol–water partition coefficient (Wildman–Crippen LogP) is 3.98. The topological polar surface area (TPSA) is 21.6 Å². The highest BCUT2D eigenvalue weighted by atomic mass is 16.5. The normalized spacial score (nSPS) is 11.2. The Kier molecular flexibility index (Phi) is 4.94. The van der Waals surface area contributed by atoms with E-state index in [9.17, 15) is 0 Å². The Balaban J connectivity index is 1.84. The standard InChI is InChI=1S/C17H17NO/c1-19-17-11-9-16(10-12-17)14-18-13-5-8-15-6-3-2-4-7-15/h2-13H,14H2,1H3/b8-5+,18-13?. The molecule has 0 aliphatic rings. The highest BCUT2D eigenvalue weighted by Crippen LogP contribution is 2.11. The van der Waals surface area contributed by atoms with Crippen molar-refractivity contribution in [3.05, 3.63) is 71.8 Å². The van der Waals surface area contributed by atoms with Gasteiger partial charge in [0.2, 0.25) is 0 Å². The molecule has 19 heavy (non-hydrogen) atoms. The molecular weight excluding hydrogens is 234 g/mol. The van der Waals surface area contributed by atoms with Crippen molar-refractivity contribution in [3.8, 4) is 5.75 Å². The smallest absolute Gasteiger partial charge is 0.118 e. The number of aliphatic imine (C=N–C) groups is 1. The van der Waals surface area contributed by atoms with Gasteiger partial charge in [0, 0.05) is 6.21 Å². The van der Waals surface area contributed by atoms with Crippen LogP contribution in [0.1, 0.15) is 11.1 Å². The Labute approximate surface area is 114 Å². The van der Waals surface area contributed by atoms with Crippen LogP contribution in [0.3, 0.4) is 0 Å². The van der Waals surface area contributed by atoms with Gasteiger partial charge in [-0.1, -0.05) is 48.5 Å². The minimum Gasteiger partial charge on any atom is -0.497 e. The SMILES string of the molecule is COc1ccc(CN=C/C=C/c2ccccc2)cc1. The maximum Gasteiger partial charge on any atom is 0.118 e. The van der Waals surface area contributed by atoms with Crippen LogP contribution in [-0.2, 0) is 6.54 Å². The van der Waals surface area contributed by atoms with Crippen molar-refractivity contribution in [1.82, 2.24) is 0 Å². The van der Waals surface area contributed by atoms with Gasteiger partial charge in [0.1, 0.15) is 5.75 Å². The van der Waals surface area contributed by atoms with Gasteiger partial charge in [-0.2, -0.15) is 0 Å². The molecule has 2 heteroatoms. The molecule has 0 aliphatic heterocycles. The lowest BCUT2D eigenvalue weighted by molar-refractivity contribution is 0.414. The van der Waals surface area contributed by atoms with Crippen molar-refractivity contribution in [1.29, 1.82) is 0 Å². The zero-order chi connectivity index (χ0) is 13.3. The summed E-state index contributed by atoms with van der Waals surface area (Å²) in [6, 6.07) is 18.1. The van der Waals surface area contributed by atoms with E-state index >= 15 is 0 Å². The van der Waals surface area contributed by atoms with Crippen LogP contribution in [0.5, 0.6) is 5.75 Å². The number of methoxy groups -OCH3 is 1. The molecule has 2 aromatic rings. The maximum atomic E-state index is 5.11. The highest BCUT2D eigenvalue weighted by molar-refractivity contribution is 5.78. The summed E-state index contributed by atoms with van der Waals surface area (Å²) < 4.78 is 5.11. The molecule has 0 fully saturated rings. The molecule has 0 saturated carbocycles. The molecule has 0 heterocycles. The van der Waals surface area contributed by atoms with Gasteiger partial charge in [-0.15, -0.1) is 0 Å². The van der Waals surface area contributed by atoms with E-state index in [-0.39, 0.29) is 0 Å². The summed E-state index contributed by atoms with van der Waals surface area (Å²) in [6.07, 6.45) is 5.83. The quantitative estimate of drug-likeness (QED) is 0.736. The number of hydrogen-bond donors (Lipinski definition) is 0. The van der Waals surface area contributed by atoms with E-state index < -0.39 is 0 Å². The number of hydrogen-bond acceptors (Lipinski definition) is 2. The van der Waals surface area contributed by atoms with Crippen LogP contribution in [0.4, 0.5) is 0 Å². The van der Waals surface area contributed by atoms with Crippen LogP contribution in [0, 0.1) is 0 Å². The number of allylic oxidation sites excluding steroid dienone is 1. The van der Waals surface area contributed by atoms with E-state index in [4.69, 9.17) is 4.74 Å². The monoisotopic (exact) mass is 251 g/mol. The number of benzene rings is 2. The molecule has 0 unspecified atom stereocenters. The van der Waals surface area contributed by atoms with Gasteiger partial charge in [-0.05, 0) is 29.3 Å². The molecule has 2 rings (SSSR count). The van der Waals surface area contributed by atoms with Crippen LogP contribution in [0.25, 0.3) is 6.08 Å². The van der Waals surface area contributed by atoms with Crippen molar-refractivity contribution in [3.63, 3.8) is 0 Å². The zero-order valence-corrected chi connectivity index (χ0v) is 11.0. The summed E-state index contributed by atoms with van der Waals surface area (Å²) in [7, 11) is 1.67. The molecule has 0 atom stereocenters. The van der Waals surface area contributed by atoms with Gasteiger partial charge in [0.05, 0.1) is 13.7 Å². The van der Waals surface area contributed by atoms with E-state index in [1.165, 1.54) is 11.1 Å². The van der Waals surface area contributed by atoms with Gasteiger partial charge < -0.3 is 4.74 Å². The molecule has 0 aliphatic carbocycles. The summed E-state index contributed by atoms with van der Waals surface area (Å²) in [5.74, 6) is 0.872. The second kappa shape index (κ2) is 7.17. The van der Waals surface area contributed by atoms with Crippen molar-refractivity contribution in [2.24, 2.45) is 4.99 Å². The number of ether oxygens (including phenoxy) is 1. The Morgan fingerprint density at radius 3 is 2.42 bits per heavy atom. The molecule has 2 nitrogen and oxygen atoms in total. The van der Waals surface area contributed by atoms with Crippen LogP contribution in [0.15, 0.2) is 65.7 Å². The van der Waals surface area contributed by atoms with E-state index in [0.29, 0.717) is 6.54 Å². The lowest BCUT2D eigenvalue weighted by Crippen LogP contribution is -1.84. The highest BCUT2D eigenvalue weighted by Gasteiger charge is 1.91. The molecule has 0 radical (unpaired) electrons. The summed E-state index contributed by atoms with van der Waals surface area (Å²) >= 11 is 0. The number of nitrogens with zero attached hydrogens (tertiary/aromatic N) is 1. The second-order valence-electron chi connectivity index (χ2n) is 4.11. The molecule has 0 aromatic heterocycles. The Morgan fingerprint density at radius 1 is 1.00 bits per heavy atom. The molecule has 0 N–H and O–H groups in total.